The Balaban J connectivity index is 0.00000256. The largest absolute Gasteiger partial charge is 0.352 e. The van der Waals surface area contributed by atoms with Crippen molar-refractivity contribution in [2.45, 2.75) is 52.5 Å². The van der Waals surface area contributed by atoms with E-state index in [0.717, 1.165) is 25.9 Å². The van der Waals surface area contributed by atoms with Crippen molar-refractivity contribution in [3.8, 4) is 0 Å². The van der Waals surface area contributed by atoms with Gasteiger partial charge in [-0.05, 0) is 31.2 Å². The third-order valence-corrected chi connectivity index (χ3v) is 3.58. The number of carbonyl (C=O) groups is 1. The molecule has 0 aromatic rings. The van der Waals surface area contributed by atoms with Gasteiger partial charge in [-0.25, -0.2) is 0 Å². The topological polar surface area (TPSA) is 41.1 Å². The molecular weight excluding hydrogens is 236 g/mol. The number of carbonyl (C=O) groups excluding carboxylic acids is 1. The molecule has 0 saturated carbocycles. The van der Waals surface area contributed by atoms with Crippen LogP contribution in [-0.4, -0.2) is 25.0 Å². The maximum Gasteiger partial charge on any atom is 0.220 e. The van der Waals surface area contributed by atoms with Crippen LogP contribution in [0.25, 0.3) is 0 Å². The molecule has 2 N–H and O–H groups in total. The summed E-state index contributed by atoms with van der Waals surface area (Å²) in [6, 6.07) is 0.353. The van der Waals surface area contributed by atoms with Crippen LogP contribution in [0.2, 0.25) is 0 Å². The summed E-state index contributed by atoms with van der Waals surface area (Å²) in [4.78, 5) is 11.8. The van der Waals surface area contributed by atoms with Gasteiger partial charge in [-0.3, -0.25) is 4.79 Å². The summed E-state index contributed by atoms with van der Waals surface area (Å²) in [6.07, 6.45) is 4.07. The van der Waals surface area contributed by atoms with E-state index in [0.29, 0.717) is 24.3 Å². The van der Waals surface area contributed by atoms with Crippen molar-refractivity contribution in [1.82, 2.24) is 10.6 Å². The Labute approximate surface area is 112 Å². The van der Waals surface area contributed by atoms with E-state index in [-0.39, 0.29) is 18.3 Å². The minimum Gasteiger partial charge on any atom is -0.352 e. The SMILES string of the molecule is CCC(CC(=O)NC1CCCNC1)C(C)C.Cl. The lowest BCUT2D eigenvalue weighted by Gasteiger charge is -2.25. The quantitative estimate of drug-likeness (QED) is 0.799. The zero-order valence-electron chi connectivity index (χ0n) is 11.3. The molecule has 0 aromatic heterocycles. The molecule has 0 bridgehead atoms. The normalized spacial score (nSPS) is 21.8. The van der Waals surface area contributed by atoms with Crippen LogP contribution in [0.5, 0.6) is 0 Å². The standard InChI is InChI=1S/C13H26N2O.ClH/c1-4-11(10(2)3)8-13(16)15-12-6-5-7-14-9-12;/h10-12,14H,4-9H2,1-3H3,(H,15,16);1H. The molecule has 1 saturated heterocycles. The van der Waals surface area contributed by atoms with Crippen molar-refractivity contribution in [2.75, 3.05) is 13.1 Å². The maximum atomic E-state index is 11.8. The van der Waals surface area contributed by atoms with Crippen LogP contribution in [0, 0.1) is 11.8 Å². The van der Waals surface area contributed by atoms with Gasteiger partial charge in [-0.2, -0.15) is 0 Å². The number of amides is 1. The van der Waals surface area contributed by atoms with Crippen molar-refractivity contribution < 1.29 is 4.79 Å². The average molecular weight is 263 g/mol. The van der Waals surface area contributed by atoms with Crippen LogP contribution in [0.4, 0.5) is 0 Å². The average Bonchev–Trinajstić information content (AvgIpc) is 2.27. The van der Waals surface area contributed by atoms with Crippen LogP contribution in [0.1, 0.15) is 46.5 Å². The fraction of sp³-hybridized carbons (Fsp3) is 0.923. The number of hydrogen-bond donors (Lipinski definition) is 2. The van der Waals surface area contributed by atoms with Crippen molar-refractivity contribution in [2.24, 2.45) is 11.8 Å². The molecule has 102 valence electrons. The van der Waals surface area contributed by atoms with Gasteiger partial charge in [0.15, 0.2) is 0 Å². The highest BCUT2D eigenvalue weighted by Crippen LogP contribution is 2.18. The molecule has 0 radical (unpaired) electrons. The predicted molar refractivity (Wildman–Crippen MR) is 74.5 cm³/mol. The number of halogens is 1. The Kier molecular flexibility index (Phi) is 8.61. The summed E-state index contributed by atoms with van der Waals surface area (Å²) in [5.41, 5.74) is 0. The highest BCUT2D eigenvalue weighted by atomic mass is 35.5. The van der Waals surface area contributed by atoms with E-state index in [1.54, 1.807) is 0 Å². The second-order valence-corrected chi connectivity index (χ2v) is 5.23. The van der Waals surface area contributed by atoms with E-state index in [1.807, 2.05) is 0 Å². The van der Waals surface area contributed by atoms with Crippen molar-refractivity contribution >= 4 is 18.3 Å². The highest BCUT2D eigenvalue weighted by Gasteiger charge is 2.19. The lowest BCUT2D eigenvalue weighted by molar-refractivity contribution is -0.123. The predicted octanol–water partition coefficient (Wildman–Crippen LogP) is 2.35. The minimum atomic E-state index is 0. The second kappa shape index (κ2) is 8.76. The summed E-state index contributed by atoms with van der Waals surface area (Å²) >= 11 is 0. The first-order valence-electron chi connectivity index (χ1n) is 6.63. The van der Waals surface area contributed by atoms with Crippen molar-refractivity contribution in [3.63, 3.8) is 0 Å². The van der Waals surface area contributed by atoms with Crippen LogP contribution in [-0.2, 0) is 4.79 Å². The van der Waals surface area contributed by atoms with Crippen LogP contribution >= 0.6 is 12.4 Å². The van der Waals surface area contributed by atoms with E-state index in [1.165, 1.54) is 6.42 Å². The van der Waals surface area contributed by atoms with Gasteiger partial charge in [-0.15, -0.1) is 12.4 Å². The van der Waals surface area contributed by atoms with Crippen LogP contribution in [0.15, 0.2) is 0 Å². The van der Waals surface area contributed by atoms with Crippen molar-refractivity contribution in [1.29, 1.82) is 0 Å². The van der Waals surface area contributed by atoms with E-state index >= 15 is 0 Å². The van der Waals surface area contributed by atoms with Crippen molar-refractivity contribution in [3.05, 3.63) is 0 Å². The molecule has 2 atom stereocenters. The number of nitrogens with one attached hydrogen (secondary N) is 2. The lowest BCUT2D eigenvalue weighted by Crippen LogP contribution is -2.46. The van der Waals surface area contributed by atoms with Gasteiger partial charge in [0.25, 0.3) is 0 Å². The Bertz CT molecular complexity index is 215. The van der Waals surface area contributed by atoms with E-state index in [2.05, 4.69) is 31.4 Å². The molecule has 1 heterocycles. The first kappa shape index (κ1) is 16.7. The molecule has 0 spiro atoms. The van der Waals surface area contributed by atoms with Gasteiger partial charge in [0.1, 0.15) is 0 Å². The van der Waals surface area contributed by atoms with Gasteiger partial charge < -0.3 is 10.6 Å². The smallest absolute Gasteiger partial charge is 0.220 e. The first-order chi connectivity index (χ1) is 7.63. The molecule has 3 nitrogen and oxygen atoms in total. The fourth-order valence-corrected chi connectivity index (χ4v) is 2.35. The molecule has 1 rings (SSSR count). The zero-order valence-corrected chi connectivity index (χ0v) is 12.1. The second-order valence-electron chi connectivity index (χ2n) is 5.23. The monoisotopic (exact) mass is 262 g/mol. The number of hydrogen-bond acceptors (Lipinski definition) is 2. The van der Waals surface area contributed by atoms with E-state index in [9.17, 15) is 4.79 Å². The molecule has 1 aliphatic heterocycles. The molecule has 1 fully saturated rings. The van der Waals surface area contributed by atoms with Gasteiger partial charge in [0.05, 0.1) is 0 Å². The Morgan fingerprint density at radius 2 is 2.18 bits per heavy atom. The molecule has 0 aromatic carbocycles. The summed E-state index contributed by atoms with van der Waals surface area (Å²) in [7, 11) is 0. The first-order valence-corrected chi connectivity index (χ1v) is 6.63. The van der Waals surface area contributed by atoms with E-state index in [4.69, 9.17) is 0 Å². The summed E-state index contributed by atoms with van der Waals surface area (Å²) in [6.45, 7) is 8.59. The number of rotatable bonds is 5. The van der Waals surface area contributed by atoms with Gasteiger partial charge in [0, 0.05) is 19.0 Å². The minimum absolute atomic E-state index is 0. The highest BCUT2D eigenvalue weighted by molar-refractivity contribution is 5.85. The maximum absolute atomic E-state index is 11.8. The van der Waals surface area contributed by atoms with Crippen LogP contribution in [0.3, 0.4) is 0 Å². The summed E-state index contributed by atoms with van der Waals surface area (Å²) in [5.74, 6) is 1.35. The Morgan fingerprint density at radius 3 is 2.65 bits per heavy atom. The molecule has 4 heteroatoms. The summed E-state index contributed by atoms with van der Waals surface area (Å²) in [5, 5.41) is 6.45. The van der Waals surface area contributed by atoms with Gasteiger partial charge >= 0.3 is 0 Å². The third-order valence-electron chi connectivity index (χ3n) is 3.58. The van der Waals surface area contributed by atoms with Gasteiger partial charge in [-0.1, -0.05) is 27.2 Å². The molecule has 17 heavy (non-hydrogen) atoms. The van der Waals surface area contributed by atoms with Crippen LogP contribution < -0.4 is 10.6 Å². The third kappa shape index (κ3) is 6.27. The number of piperidine rings is 1. The Morgan fingerprint density at radius 1 is 1.47 bits per heavy atom. The lowest BCUT2D eigenvalue weighted by atomic mass is 9.90. The zero-order chi connectivity index (χ0) is 12.0. The summed E-state index contributed by atoms with van der Waals surface area (Å²) < 4.78 is 0. The fourth-order valence-electron chi connectivity index (χ4n) is 2.35. The Hall–Kier alpha value is -0.280. The van der Waals surface area contributed by atoms with Gasteiger partial charge in [0.2, 0.25) is 5.91 Å². The molecule has 1 aliphatic rings. The molecule has 0 aliphatic carbocycles. The molecule has 1 amide bonds. The molecular formula is C13H27ClN2O. The molecule has 2 unspecified atom stereocenters. The van der Waals surface area contributed by atoms with E-state index < -0.39 is 0 Å².